The monoisotopic (exact) mass is 240 g/mol. The van der Waals surface area contributed by atoms with E-state index in [-0.39, 0.29) is 6.10 Å². The third-order valence-electron chi connectivity index (χ3n) is 2.74. The summed E-state index contributed by atoms with van der Waals surface area (Å²) >= 11 is 0. The highest BCUT2D eigenvalue weighted by atomic mass is 16.6. The Morgan fingerprint density at radius 1 is 1.18 bits per heavy atom. The number of rotatable bonds is 5. The van der Waals surface area contributed by atoms with Crippen LogP contribution >= 0.6 is 0 Å². The summed E-state index contributed by atoms with van der Waals surface area (Å²) in [4.78, 5) is 0. The Morgan fingerprint density at radius 2 is 1.71 bits per heavy atom. The van der Waals surface area contributed by atoms with Gasteiger partial charge >= 0.3 is 0 Å². The van der Waals surface area contributed by atoms with Crippen LogP contribution in [0.1, 0.15) is 11.7 Å². The van der Waals surface area contributed by atoms with Crippen LogP contribution in [0, 0.1) is 0 Å². The molecule has 1 fully saturated rings. The SMILES string of the molecule is COc1cc([C@H](O)[C@H]2CO2)cc(OC)c1OC. The van der Waals surface area contributed by atoms with Crippen LogP contribution in [0.4, 0.5) is 0 Å². The molecule has 1 aliphatic rings. The van der Waals surface area contributed by atoms with Gasteiger partial charge in [-0.3, -0.25) is 0 Å². The summed E-state index contributed by atoms with van der Waals surface area (Å²) in [7, 11) is 4.63. The topological polar surface area (TPSA) is 60.5 Å². The van der Waals surface area contributed by atoms with E-state index in [0.717, 1.165) is 0 Å². The molecule has 1 aromatic carbocycles. The van der Waals surface area contributed by atoms with Crippen molar-refractivity contribution >= 4 is 0 Å². The van der Waals surface area contributed by atoms with E-state index in [9.17, 15) is 5.11 Å². The van der Waals surface area contributed by atoms with Gasteiger partial charge in [0.1, 0.15) is 12.2 Å². The molecule has 2 rings (SSSR count). The number of hydrogen-bond donors (Lipinski definition) is 1. The minimum atomic E-state index is -0.663. The molecular weight excluding hydrogens is 224 g/mol. The van der Waals surface area contributed by atoms with Crippen molar-refractivity contribution in [3.8, 4) is 17.2 Å². The number of hydrogen-bond acceptors (Lipinski definition) is 5. The minimum absolute atomic E-state index is 0.127. The molecule has 0 amide bonds. The standard InChI is InChI=1S/C12H16O5/c1-14-8-4-7(11(13)10-6-17-10)5-9(15-2)12(8)16-3/h4-5,10-11,13H,6H2,1-3H3/t10-,11+/m1/s1. The predicted molar refractivity (Wildman–Crippen MR) is 60.8 cm³/mol. The lowest BCUT2D eigenvalue weighted by molar-refractivity contribution is 0.136. The van der Waals surface area contributed by atoms with Gasteiger partial charge in [0.2, 0.25) is 5.75 Å². The third-order valence-corrected chi connectivity index (χ3v) is 2.74. The summed E-state index contributed by atoms with van der Waals surface area (Å²) in [5, 5.41) is 9.99. The second-order valence-corrected chi connectivity index (χ2v) is 3.78. The molecule has 0 bridgehead atoms. The first-order valence-corrected chi connectivity index (χ1v) is 5.30. The molecule has 17 heavy (non-hydrogen) atoms. The molecule has 1 saturated heterocycles. The Hall–Kier alpha value is -1.46. The molecule has 5 nitrogen and oxygen atoms in total. The van der Waals surface area contributed by atoms with Crippen LogP contribution in [0.15, 0.2) is 12.1 Å². The Labute approximate surface area is 99.9 Å². The molecule has 94 valence electrons. The van der Waals surface area contributed by atoms with Crippen molar-refractivity contribution in [2.75, 3.05) is 27.9 Å². The van der Waals surface area contributed by atoms with Gasteiger partial charge in [0, 0.05) is 0 Å². The molecular formula is C12H16O5. The lowest BCUT2D eigenvalue weighted by Crippen LogP contribution is -2.06. The van der Waals surface area contributed by atoms with Crippen molar-refractivity contribution in [3.63, 3.8) is 0 Å². The average Bonchev–Trinajstić information content (AvgIpc) is 3.20. The van der Waals surface area contributed by atoms with E-state index in [1.807, 2.05) is 0 Å². The van der Waals surface area contributed by atoms with E-state index in [0.29, 0.717) is 29.4 Å². The lowest BCUT2D eigenvalue weighted by atomic mass is 10.1. The molecule has 0 unspecified atom stereocenters. The van der Waals surface area contributed by atoms with Crippen LogP contribution in [0.3, 0.4) is 0 Å². The maximum atomic E-state index is 9.99. The van der Waals surface area contributed by atoms with Gasteiger partial charge in [-0.25, -0.2) is 0 Å². The molecule has 1 aromatic rings. The van der Waals surface area contributed by atoms with E-state index in [4.69, 9.17) is 18.9 Å². The van der Waals surface area contributed by atoms with Gasteiger partial charge in [0.05, 0.1) is 27.9 Å². The third kappa shape index (κ3) is 2.30. The fourth-order valence-corrected chi connectivity index (χ4v) is 1.72. The van der Waals surface area contributed by atoms with Crippen LogP contribution < -0.4 is 14.2 Å². The maximum Gasteiger partial charge on any atom is 0.203 e. The van der Waals surface area contributed by atoms with Gasteiger partial charge in [-0.2, -0.15) is 0 Å². The molecule has 1 N–H and O–H groups in total. The molecule has 0 aromatic heterocycles. The Kier molecular flexibility index (Phi) is 3.40. The summed E-state index contributed by atoms with van der Waals surface area (Å²) in [5.74, 6) is 1.57. The highest BCUT2D eigenvalue weighted by Gasteiger charge is 2.33. The second-order valence-electron chi connectivity index (χ2n) is 3.78. The van der Waals surface area contributed by atoms with Crippen molar-refractivity contribution in [2.24, 2.45) is 0 Å². The summed E-state index contributed by atoms with van der Waals surface area (Å²) in [6, 6.07) is 3.46. The number of ether oxygens (including phenoxy) is 4. The average molecular weight is 240 g/mol. The van der Waals surface area contributed by atoms with Crippen LogP contribution in [-0.4, -0.2) is 39.1 Å². The summed E-state index contributed by atoms with van der Waals surface area (Å²) in [6.45, 7) is 0.581. The first-order chi connectivity index (χ1) is 8.21. The van der Waals surface area contributed by atoms with Crippen LogP contribution in [0.25, 0.3) is 0 Å². The first kappa shape index (κ1) is 12.0. The molecule has 0 radical (unpaired) electrons. The first-order valence-electron chi connectivity index (χ1n) is 5.30. The van der Waals surface area contributed by atoms with Gasteiger partial charge < -0.3 is 24.1 Å². The van der Waals surface area contributed by atoms with Crippen LogP contribution in [0.5, 0.6) is 17.2 Å². The van der Waals surface area contributed by atoms with Crippen molar-refractivity contribution in [1.82, 2.24) is 0 Å². The zero-order chi connectivity index (χ0) is 12.4. The molecule has 0 aliphatic carbocycles. The molecule has 1 heterocycles. The van der Waals surface area contributed by atoms with Gasteiger partial charge in [-0.05, 0) is 17.7 Å². The van der Waals surface area contributed by atoms with Crippen molar-refractivity contribution in [2.45, 2.75) is 12.2 Å². The Morgan fingerprint density at radius 3 is 2.06 bits per heavy atom. The number of benzene rings is 1. The zero-order valence-electron chi connectivity index (χ0n) is 10.1. The number of epoxide rings is 1. The largest absolute Gasteiger partial charge is 0.493 e. The van der Waals surface area contributed by atoms with Crippen molar-refractivity contribution < 1.29 is 24.1 Å². The zero-order valence-corrected chi connectivity index (χ0v) is 10.1. The van der Waals surface area contributed by atoms with Crippen molar-refractivity contribution in [3.05, 3.63) is 17.7 Å². The number of methoxy groups -OCH3 is 3. The Balaban J connectivity index is 2.40. The number of aliphatic hydroxyl groups is 1. The molecule has 0 spiro atoms. The smallest absolute Gasteiger partial charge is 0.203 e. The normalized spacial score (nSPS) is 19.6. The Bertz CT molecular complexity index is 375. The van der Waals surface area contributed by atoms with E-state index in [1.165, 1.54) is 0 Å². The molecule has 0 saturated carbocycles. The quantitative estimate of drug-likeness (QED) is 0.782. The van der Waals surface area contributed by atoms with Gasteiger partial charge in [0.25, 0.3) is 0 Å². The van der Waals surface area contributed by atoms with Crippen molar-refractivity contribution in [1.29, 1.82) is 0 Å². The highest BCUT2D eigenvalue weighted by molar-refractivity contribution is 5.54. The van der Waals surface area contributed by atoms with E-state index < -0.39 is 6.10 Å². The van der Waals surface area contributed by atoms with Crippen LogP contribution in [-0.2, 0) is 4.74 Å². The van der Waals surface area contributed by atoms with Crippen LogP contribution in [0.2, 0.25) is 0 Å². The maximum absolute atomic E-state index is 9.99. The summed E-state index contributed by atoms with van der Waals surface area (Å²) in [6.07, 6.45) is -0.790. The summed E-state index contributed by atoms with van der Waals surface area (Å²) < 4.78 is 20.7. The predicted octanol–water partition coefficient (Wildman–Crippen LogP) is 1.14. The summed E-state index contributed by atoms with van der Waals surface area (Å²) in [5.41, 5.74) is 0.696. The molecule has 2 atom stereocenters. The van der Waals surface area contributed by atoms with E-state index in [2.05, 4.69) is 0 Å². The fourth-order valence-electron chi connectivity index (χ4n) is 1.72. The van der Waals surface area contributed by atoms with E-state index >= 15 is 0 Å². The minimum Gasteiger partial charge on any atom is -0.493 e. The second kappa shape index (κ2) is 4.81. The molecule has 1 aliphatic heterocycles. The lowest BCUT2D eigenvalue weighted by Gasteiger charge is -2.16. The fraction of sp³-hybridized carbons (Fsp3) is 0.500. The van der Waals surface area contributed by atoms with Gasteiger partial charge in [-0.15, -0.1) is 0 Å². The van der Waals surface area contributed by atoms with Gasteiger partial charge in [0.15, 0.2) is 11.5 Å². The van der Waals surface area contributed by atoms with E-state index in [1.54, 1.807) is 33.5 Å². The highest BCUT2D eigenvalue weighted by Crippen LogP contribution is 2.41. The van der Waals surface area contributed by atoms with Gasteiger partial charge in [-0.1, -0.05) is 0 Å². The molecule has 5 heteroatoms. The number of aliphatic hydroxyl groups excluding tert-OH is 1.